The molecule has 3 nitrogen and oxygen atoms in total. The van der Waals surface area contributed by atoms with Gasteiger partial charge in [-0.2, -0.15) is 11.8 Å². The molecule has 0 aliphatic heterocycles. The molecule has 0 aliphatic rings. The van der Waals surface area contributed by atoms with Crippen molar-refractivity contribution in [2.24, 2.45) is 0 Å². The van der Waals surface area contributed by atoms with E-state index in [4.69, 9.17) is 0 Å². The predicted octanol–water partition coefficient (Wildman–Crippen LogP) is 1.48. The molecule has 1 amide bonds. The molecule has 1 atom stereocenters. The molecule has 0 radical (unpaired) electrons. The van der Waals surface area contributed by atoms with Crippen LogP contribution in [0.1, 0.15) is 13.8 Å². The third-order valence-electron chi connectivity index (χ3n) is 1.12. The van der Waals surface area contributed by atoms with Crippen molar-refractivity contribution >= 4 is 17.9 Å². The van der Waals surface area contributed by atoms with Crippen LogP contribution in [0.4, 0.5) is 4.79 Å². The van der Waals surface area contributed by atoms with Gasteiger partial charge in [0.1, 0.15) is 0 Å². The van der Waals surface area contributed by atoms with E-state index in [0.717, 1.165) is 11.5 Å². The lowest BCUT2D eigenvalue weighted by Crippen LogP contribution is -2.34. The summed E-state index contributed by atoms with van der Waals surface area (Å²) in [6, 6.07) is 0.187. The van der Waals surface area contributed by atoms with Gasteiger partial charge in [-0.3, -0.25) is 0 Å². The molecule has 0 aromatic rings. The van der Waals surface area contributed by atoms with Gasteiger partial charge in [0.05, 0.1) is 7.11 Å². The minimum Gasteiger partial charge on any atom is -0.453 e. The van der Waals surface area contributed by atoms with Crippen molar-refractivity contribution < 1.29 is 9.53 Å². The number of carbonyl (C=O) groups excluding carboxylic acids is 1. The normalized spacial score (nSPS) is 12.3. The molecule has 0 aromatic carbocycles. The van der Waals surface area contributed by atoms with E-state index in [1.54, 1.807) is 11.8 Å². The number of nitrogens with one attached hydrogen (secondary N) is 1. The summed E-state index contributed by atoms with van der Waals surface area (Å²) in [5, 5.41) is 2.68. The minimum absolute atomic E-state index is 0.187. The highest BCUT2D eigenvalue weighted by atomic mass is 32.2. The second kappa shape index (κ2) is 6.34. The Balaban J connectivity index is 3.35. The standard InChI is InChI=1S/C7H15NO2S/c1-4-11-5-6(2)8-7(9)10-3/h6H,4-5H2,1-3H3,(H,8,9). The van der Waals surface area contributed by atoms with Crippen molar-refractivity contribution in [3.8, 4) is 0 Å². The van der Waals surface area contributed by atoms with Crippen molar-refractivity contribution in [2.75, 3.05) is 18.6 Å². The maximum Gasteiger partial charge on any atom is 0.407 e. The van der Waals surface area contributed by atoms with Crippen LogP contribution in [0.15, 0.2) is 0 Å². The molecule has 0 saturated carbocycles. The maximum absolute atomic E-state index is 10.6. The zero-order chi connectivity index (χ0) is 8.69. The lowest BCUT2D eigenvalue weighted by atomic mass is 10.4. The Morgan fingerprint density at radius 2 is 2.36 bits per heavy atom. The molecule has 0 bridgehead atoms. The first-order valence-electron chi connectivity index (χ1n) is 3.63. The summed E-state index contributed by atoms with van der Waals surface area (Å²) in [5.41, 5.74) is 0. The topological polar surface area (TPSA) is 38.3 Å². The average molecular weight is 177 g/mol. The van der Waals surface area contributed by atoms with Gasteiger partial charge in [-0.15, -0.1) is 0 Å². The molecular weight excluding hydrogens is 162 g/mol. The van der Waals surface area contributed by atoms with Crippen LogP contribution in [0, 0.1) is 0 Å². The van der Waals surface area contributed by atoms with Crippen LogP contribution < -0.4 is 5.32 Å². The van der Waals surface area contributed by atoms with Gasteiger partial charge >= 0.3 is 6.09 Å². The highest BCUT2D eigenvalue weighted by molar-refractivity contribution is 7.99. The quantitative estimate of drug-likeness (QED) is 0.707. The average Bonchev–Trinajstić information content (AvgIpc) is 2.00. The number of carbonyl (C=O) groups is 1. The Labute approximate surface area is 71.9 Å². The summed E-state index contributed by atoms with van der Waals surface area (Å²) in [5.74, 6) is 2.01. The molecule has 0 spiro atoms. The van der Waals surface area contributed by atoms with Crippen molar-refractivity contribution in [3.63, 3.8) is 0 Å². The third kappa shape index (κ3) is 6.04. The van der Waals surface area contributed by atoms with Crippen molar-refractivity contribution in [1.29, 1.82) is 0 Å². The van der Waals surface area contributed by atoms with Crippen LogP contribution >= 0.6 is 11.8 Å². The number of methoxy groups -OCH3 is 1. The number of alkyl carbamates (subject to hydrolysis) is 1. The maximum atomic E-state index is 10.6. The van der Waals surface area contributed by atoms with E-state index in [-0.39, 0.29) is 12.1 Å². The van der Waals surface area contributed by atoms with E-state index in [2.05, 4.69) is 17.0 Å². The molecule has 1 N–H and O–H groups in total. The van der Waals surface area contributed by atoms with Crippen molar-refractivity contribution in [2.45, 2.75) is 19.9 Å². The number of hydrogen-bond acceptors (Lipinski definition) is 3. The zero-order valence-electron chi connectivity index (χ0n) is 7.22. The minimum atomic E-state index is -0.353. The van der Waals surface area contributed by atoms with E-state index in [1.807, 2.05) is 6.92 Å². The van der Waals surface area contributed by atoms with E-state index in [0.29, 0.717) is 0 Å². The summed E-state index contributed by atoms with van der Waals surface area (Å²) in [6.07, 6.45) is -0.353. The zero-order valence-corrected chi connectivity index (χ0v) is 8.03. The number of amides is 1. The molecule has 4 heteroatoms. The van der Waals surface area contributed by atoms with E-state index >= 15 is 0 Å². The molecule has 0 aromatic heterocycles. The number of thioether (sulfide) groups is 1. The highest BCUT2D eigenvalue weighted by Gasteiger charge is 2.04. The van der Waals surface area contributed by atoms with Crippen molar-refractivity contribution in [1.82, 2.24) is 5.32 Å². The summed E-state index contributed by atoms with van der Waals surface area (Å²) < 4.78 is 4.44. The number of hydrogen-bond donors (Lipinski definition) is 1. The molecule has 0 rings (SSSR count). The fourth-order valence-corrected chi connectivity index (χ4v) is 1.27. The van der Waals surface area contributed by atoms with E-state index in [9.17, 15) is 4.79 Å². The molecule has 1 unspecified atom stereocenters. The van der Waals surface area contributed by atoms with Crippen LogP contribution in [-0.4, -0.2) is 30.8 Å². The number of ether oxygens (including phenoxy) is 1. The predicted molar refractivity (Wildman–Crippen MR) is 48.0 cm³/mol. The van der Waals surface area contributed by atoms with Gasteiger partial charge in [-0.25, -0.2) is 4.79 Å². The highest BCUT2D eigenvalue weighted by Crippen LogP contribution is 2.00. The Morgan fingerprint density at radius 1 is 1.73 bits per heavy atom. The van der Waals surface area contributed by atoms with Gasteiger partial charge in [-0.1, -0.05) is 6.92 Å². The monoisotopic (exact) mass is 177 g/mol. The Kier molecular flexibility index (Phi) is 6.12. The van der Waals surface area contributed by atoms with Gasteiger partial charge in [-0.05, 0) is 12.7 Å². The van der Waals surface area contributed by atoms with E-state index < -0.39 is 0 Å². The lowest BCUT2D eigenvalue weighted by molar-refractivity contribution is 0.168. The van der Waals surface area contributed by atoms with E-state index in [1.165, 1.54) is 7.11 Å². The second-order valence-corrected chi connectivity index (χ2v) is 3.52. The third-order valence-corrected chi connectivity index (χ3v) is 2.27. The molecule has 11 heavy (non-hydrogen) atoms. The fourth-order valence-electron chi connectivity index (χ4n) is 0.596. The lowest BCUT2D eigenvalue weighted by Gasteiger charge is -2.10. The summed E-state index contributed by atoms with van der Waals surface area (Å²) >= 11 is 1.80. The first-order valence-corrected chi connectivity index (χ1v) is 4.78. The first kappa shape index (κ1) is 10.6. The summed E-state index contributed by atoms with van der Waals surface area (Å²) in [7, 11) is 1.37. The van der Waals surface area contributed by atoms with Gasteiger partial charge in [0, 0.05) is 11.8 Å². The summed E-state index contributed by atoms with van der Waals surface area (Å²) in [4.78, 5) is 10.6. The molecule has 66 valence electrons. The molecular formula is C7H15NO2S. The van der Waals surface area contributed by atoms with Gasteiger partial charge in [0.2, 0.25) is 0 Å². The number of rotatable bonds is 4. The van der Waals surface area contributed by atoms with Crippen LogP contribution in [0.25, 0.3) is 0 Å². The second-order valence-electron chi connectivity index (χ2n) is 2.20. The first-order chi connectivity index (χ1) is 5.20. The van der Waals surface area contributed by atoms with Gasteiger partial charge in [0.25, 0.3) is 0 Å². The largest absolute Gasteiger partial charge is 0.453 e. The van der Waals surface area contributed by atoms with Crippen LogP contribution in [0.5, 0.6) is 0 Å². The Morgan fingerprint density at radius 3 is 2.82 bits per heavy atom. The Hall–Kier alpha value is -0.380. The SMILES string of the molecule is CCSCC(C)NC(=O)OC. The fraction of sp³-hybridized carbons (Fsp3) is 0.857. The van der Waals surface area contributed by atoms with Gasteiger partial charge < -0.3 is 10.1 Å². The molecule has 0 saturated heterocycles. The van der Waals surface area contributed by atoms with Crippen LogP contribution in [-0.2, 0) is 4.74 Å². The smallest absolute Gasteiger partial charge is 0.407 e. The summed E-state index contributed by atoms with van der Waals surface area (Å²) in [6.45, 7) is 4.05. The molecule has 0 fully saturated rings. The van der Waals surface area contributed by atoms with Crippen LogP contribution in [0.3, 0.4) is 0 Å². The van der Waals surface area contributed by atoms with Crippen LogP contribution in [0.2, 0.25) is 0 Å². The van der Waals surface area contributed by atoms with Gasteiger partial charge in [0.15, 0.2) is 0 Å². The molecule has 0 heterocycles. The molecule has 0 aliphatic carbocycles. The van der Waals surface area contributed by atoms with Crippen molar-refractivity contribution in [3.05, 3.63) is 0 Å². The Bertz CT molecular complexity index is 119.